The molecule has 0 fully saturated rings. The highest BCUT2D eigenvalue weighted by atomic mass is 32.2. The van der Waals surface area contributed by atoms with Crippen LogP contribution in [-0.4, -0.2) is 152 Å². The third-order valence-electron chi connectivity index (χ3n) is 12.6. The van der Waals surface area contributed by atoms with Crippen LogP contribution in [0.1, 0.15) is 90.5 Å². The van der Waals surface area contributed by atoms with Gasteiger partial charge in [0, 0.05) is 31.2 Å². The fourth-order valence-electron chi connectivity index (χ4n) is 8.26. The number of aliphatic carboxylic acids is 3. The van der Waals surface area contributed by atoms with Crippen LogP contribution in [0.5, 0.6) is 0 Å². The molecule has 0 aliphatic carbocycles. The fraction of sp³-hybridized carbons (Fsp3) is 0.509. The number of rotatable bonds is 35. The fourth-order valence-corrected chi connectivity index (χ4v) is 8.73. The van der Waals surface area contributed by atoms with Crippen LogP contribution < -0.4 is 48.3 Å². The number of hydrogen-bond acceptors (Lipinski definition) is 13. The first-order chi connectivity index (χ1) is 37.8. The number of amides is 8. The van der Waals surface area contributed by atoms with E-state index < -0.39 is 151 Å². The number of carboxylic acid groups (broad SMARTS) is 3. The van der Waals surface area contributed by atoms with Gasteiger partial charge >= 0.3 is 17.9 Å². The minimum Gasteiger partial charge on any atom is -0.481 e. The van der Waals surface area contributed by atoms with Gasteiger partial charge in [-0.15, -0.1) is 0 Å². The van der Waals surface area contributed by atoms with Crippen molar-refractivity contribution >= 4 is 76.9 Å². The Morgan fingerprint density at radius 1 is 0.487 bits per heavy atom. The van der Waals surface area contributed by atoms with Gasteiger partial charge < -0.3 is 68.6 Å². The van der Waals surface area contributed by atoms with Crippen LogP contribution in [0.3, 0.4) is 0 Å². The molecular formula is C55H78N10O14S. The minimum absolute atomic E-state index is 0.0654. The molecule has 1 heterocycles. The summed E-state index contributed by atoms with van der Waals surface area (Å²) in [5.74, 6) is -12.4. The summed E-state index contributed by atoms with van der Waals surface area (Å²) in [6, 6.07) is 7.66. The predicted molar refractivity (Wildman–Crippen MR) is 297 cm³/mol. The molecule has 14 N–H and O–H groups in total. The van der Waals surface area contributed by atoms with E-state index in [9.17, 15) is 68.1 Å². The minimum atomic E-state index is -1.87. The maximum Gasteiger partial charge on any atom is 0.326 e. The maximum absolute atomic E-state index is 14.4. The molecule has 80 heavy (non-hydrogen) atoms. The van der Waals surface area contributed by atoms with Crippen molar-refractivity contribution in [1.29, 1.82) is 0 Å². The second kappa shape index (κ2) is 33.6. The molecule has 1 aromatic heterocycles. The topological polar surface area (TPSA) is 387 Å². The van der Waals surface area contributed by atoms with Crippen molar-refractivity contribution in [3.05, 3.63) is 95.8 Å². The van der Waals surface area contributed by atoms with Gasteiger partial charge in [0.1, 0.15) is 48.3 Å². The summed E-state index contributed by atoms with van der Waals surface area (Å²) in [4.78, 5) is 151. The lowest BCUT2D eigenvalue weighted by atomic mass is 9.98. The number of aromatic amines is 1. The highest BCUT2D eigenvalue weighted by Crippen LogP contribution is 2.14. The average molecular weight is 1140 g/mol. The number of nitrogens with one attached hydrogen (secondary N) is 9. The SMILES string of the molecule is CSCCC(NC(=O)C(Cc1ccc[nH]1)NC(=O)C(CCC(=O)O)NC(=O)C(Cc1ccccc1)NC(=O)C(CC(=O)O)NC(=O)C(NC(=O)C(CC(C)C)NC(=O)C(N)Cc1ccccc1)C(C)C)C(=O)NC(C(=O)O)C(C)C. The van der Waals surface area contributed by atoms with Gasteiger partial charge in [0.15, 0.2) is 0 Å². The second-order valence-corrected chi connectivity index (χ2v) is 21.5. The summed E-state index contributed by atoms with van der Waals surface area (Å²) in [6.07, 6.45) is 1.01. The maximum atomic E-state index is 14.4. The van der Waals surface area contributed by atoms with Gasteiger partial charge in [-0.1, -0.05) is 102 Å². The van der Waals surface area contributed by atoms with Gasteiger partial charge in [0.05, 0.1) is 12.5 Å². The normalized spacial score (nSPS) is 14.6. The molecule has 2 aromatic carbocycles. The zero-order valence-corrected chi connectivity index (χ0v) is 46.9. The molecule has 438 valence electrons. The van der Waals surface area contributed by atoms with E-state index in [4.69, 9.17) is 5.73 Å². The van der Waals surface area contributed by atoms with Gasteiger partial charge in [-0.3, -0.25) is 47.9 Å². The third-order valence-corrected chi connectivity index (χ3v) is 13.3. The summed E-state index contributed by atoms with van der Waals surface area (Å²) in [5.41, 5.74) is 7.92. The summed E-state index contributed by atoms with van der Waals surface area (Å²) in [6.45, 7) is 10.0. The number of hydrogen-bond donors (Lipinski definition) is 13. The Morgan fingerprint density at radius 3 is 1.43 bits per heavy atom. The van der Waals surface area contributed by atoms with Gasteiger partial charge in [0.25, 0.3) is 0 Å². The lowest BCUT2D eigenvalue weighted by Gasteiger charge is -2.29. The largest absolute Gasteiger partial charge is 0.481 e. The van der Waals surface area contributed by atoms with Gasteiger partial charge in [-0.25, -0.2) is 4.79 Å². The van der Waals surface area contributed by atoms with E-state index >= 15 is 0 Å². The van der Waals surface area contributed by atoms with Gasteiger partial charge in [-0.2, -0.15) is 11.8 Å². The monoisotopic (exact) mass is 1130 g/mol. The summed E-state index contributed by atoms with van der Waals surface area (Å²) < 4.78 is 0. The van der Waals surface area contributed by atoms with E-state index in [-0.39, 0.29) is 38.0 Å². The van der Waals surface area contributed by atoms with Crippen LogP contribution in [0.15, 0.2) is 79.0 Å². The molecule has 25 heteroatoms. The Labute approximate surface area is 469 Å². The Bertz CT molecular complexity index is 2550. The number of carbonyl (C=O) groups is 11. The molecule has 3 aromatic rings. The predicted octanol–water partition coefficient (Wildman–Crippen LogP) is 0.784. The molecule has 0 bridgehead atoms. The summed E-state index contributed by atoms with van der Waals surface area (Å²) in [7, 11) is 0. The van der Waals surface area contributed by atoms with Crippen molar-refractivity contribution in [3.63, 3.8) is 0 Å². The Kier molecular flexibility index (Phi) is 27.9. The smallest absolute Gasteiger partial charge is 0.326 e. The van der Waals surface area contributed by atoms with Crippen LogP contribution in [-0.2, 0) is 72.0 Å². The van der Waals surface area contributed by atoms with Gasteiger partial charge in [-0.05, 0) is 78.7 Å². The highest BCUT2D eigenvalue weighted by molar-refractivity contribution is 7.98. The van der Waals surface area contributed by atoms with Gasteiger partial charge in [0.2, 0.25) is 47.3 Å². The van der Waals surface area contributed by atoms with Crippen LogP contribution in [0.4, 0.5) is 0 Å². The molecule has 0 spiro atoms. The Balaban J connectivity index is 1.93. The summed E-state index contributed by atoms with van der Waals surface area (Å²) in [5, 5.41) is 49.7. The first-order valence-electron chi connectivity index (χ1n) is 26.3. The lowest BCUT2D eigenvalue weighted by molar-refractivity contribution is -0.143. The molecule has 9 unspecified atom stereocenters. The van der Waals surface area contributed by atoms with E-state index in [0.29, 0.717) is 17.0 Å². The van der Waals surface area contributed by atoms with Crippen molar-refractivity contribution in [3.8, 4) is 0 Å². The molecule has 8 amide bonds. The lowest BCUT2D eigenvalue weighted by Crippen LogP contribution is -2.61. The molecule has 0 radical (unpaired) electrons. The molecule has 0 aliphatic rings. The summed E-state index contributed by atoms with van der Waals surface area (Å²) >= 11 is 1.36. The first-order valence-corrected chi connectivity index (χ1v) is 27.7. The average Bonchev–Trinajstić information content (AvgIpc) is 3.91. The Morgan fingerprint density at radius 2 is 0.938 bits per heavy atom. The van der Waals surface area contributed by atoms with Crippen molar-refractivity contribution < 1.29 is 68.1 Å². The van der Waals surface area contributed by atoms with Crippen molar-refractivity contribution in [2.75, 3.05) is 12.0 Å². The molecule has 0 saturated carbocycles. The standard InChI is InChI=1S/C55H78N10O14S/c1-30(2)25-39(60-47(70)36(56)26-33-15-10-8-11-16-33)53(76)64-45(31(3)4)54(77)63-42(29-44(68)69)52(75)61-40(27-34-17-12-9-13-18-34)50(73)58-37(20-21-43(66)67)48(71)62-41(28-35-19-14-23-57-35)51(74)59-38(22-24-80-7)49(72)65-46(32(5)6)55(78)79/h8-19,23,30-32,36-42,45-46,57H,20-22,24-29,56H2,1-7H3,(H,58,73)(H,59,74)(H,60,70)(H,61,75)(H,62,71)(H,63,77)(H,64,76)(H,65,72)(H,66,67)(H,68,69)(H,78,79). The second-order valence-electron chi connectivity index (χ2n) is 20.5. The molecule has 24 nitrogen and oxygen atoms in total. The van der Waals surface area contributed by atoms with E-state index in [1.807, 2.05) is 19.9 Å². The number of H-pyrrole nitrogens is 1. The zero-order chi connectivity index (χ0) is 59.6. The van der Waals surface area contributed by atoms with Crippen LogP contribution in [0, 0.1) is 17.8 Å². The number of nitrogens with two attached hydrogens (primary N) is 1. The quantitative estimate of drug-likeness (QED) is 0.0387. The molecule has 0 aliphatic heterocycles. The van der Waals surface area contributed by atoms with Crippen molar-refractivity contribution in [2.45, 2.75) is 147 Å². The van der Waals surface area contributed by atoms with E-state index in [1.165, 1.54) is 11.8 Å². The number of carboxylic acids is 3. The molecule has 9 atom stereocenters. The molecular weight excluding hydrogens is 1060 g/mol. The van der Waals surface area contributed by atoms with Crippen LogP contribution in [0.2, 0.25) is 0 Å². The van der Waals surface area contributed by atoms with Crippen molar-refractivity contribution in [1.82, 2.24) is 47.5 Å². The Hall–Kier alpha value is -7.80. The van der Waals surface area contributed by atoms with E-state index in [0.717, 1.165) is 5.56 Å². The zero-order valence-electron chi connectivity index (χ0n) is 46.1. The number of carbonyl (C=O) groups excluding carboxylic acids is 8. The number of benzene rings is 2. The molecule has 0 saturated heterocycles. The first kappa shape index (κ1) is 66.5. The highest BCUT2D eigenvalue weighted by Gasteiger charge is 2.37. The molecule has 3 rings (SSSR count). The van der Waals surface area contributed by atoms with E-state index in [1.54, 1.807) is 107 Å². The number of aromatic nitrogens is 1. The van der Waals surface area contributed by atoms with Crippen LogP contribution in [0.25, 0.3) is 0 Å². The van der Waals surface area contributed by atoms with E-state index in [2.05, 4.69) is 47.5 Å². The third kappa shape index (κ3) is 23.3. The van der Waals surface area contributed by atoms with Crippen molar-refractivity contribution in [2.24, 2.45) is 23.5 Å². The number of thioether (sulfide) groups is 1. The van der Waals surface area contributed by atoms with Crippen LogP contribution >= 0.6 is 11.8 Å².